The van der Waals surface area contributed by atoms with E-state index in [4.69, 9.17) is 16.7 Å². The van der Waals surface area contributed by atoms with Crippen molar-refractivity contribution >= 4 is 35.1 Å². The number of nitrogens with zero attached hydrogens (tertiary/aromatic N) is 2. The predicted octanol–water partition coefficient (Wildman–Crippen LogP) is 2.88. The van der Waals surface area contributed by atoms with E-state index in [1.54, 1.807) is 6.92 Å². The van der Waals surface area contributed by atoms with E-state index in [1.807, 2.05) is 0 Å². The van der Waals surface area contributed by atoms with E-state index in [0.29, 0.717) is 10.2 Å². The number of carboxylic acid groups (broad SMARTS) is 1. The van der Waals surface area contributed by atoms with Gasteiger partial charge in [-0.15, -0.1) is 0 Å². The maximum atomic E-state index is 14.1. The van der Waals surface area contributed by atoms with E-state index in [2.05, 4.69) is 10.4 Å². The normalized spacial score (nSPS) is 10.6. The summed E-state index contributed by atoms with van der Waals surface area (Å²) in [4.78, 5) is 34.3. The molecule has 2 aromatic rings. The Morgan fingerprint density at radius 1 is 1.28 bits per heavy atom. The van der Waals surface area contributed by atoms with Crippen LogP contribution in [0, 0.1) is 18.6 Å². The number of aromatic nitrogens is 2. The molecule has 1 heterocycles. The number of aliphatic carboxylic acids is 1. The van der Waals surface area contributed by atoms with Gasteiger partial charge >= 0.3 is 5.97 Å². The Morgan fingerprint density at radius 3 is 2.56 bits per heavy atom. The van der Waals surface area contributed by atoms with Crippen molar-refractivity contribution in [2.75, 3.05) is 5.32 Å². The SMILES string of the molecule is Cc1ccc(NC(=O)c2nn(C(=O)CCC(=O)O)c(Cl)c2F)c(F)c1. The summed E-state index contributed by atoms with van der Waals surface area (Å²) in [7, 11) is 0. The minimum Gasteiger partial charge on any atom is -0.481 e. The summed E-state index contributed by atoms with van der Waals surface area (Å²) in [6.07, 6.45) is -0.990. The van der Waals surface area contributed by atoms with Gasteiger partial charge in [0.1, 0.15) is 5.82 Å². The number of hydrogen-bond acceptors (Lipinski definition) is 4. The van der Waals surface area contributed by atoms with Crippen LogP contribution in [0.4, 0.5) is 14.5 Å². The van der Waals surface area contributed by atoms with E-state index >= 15 is 0 Å². The molecule has 7 nitrogen and oxygen atoms in total. The largest absolute Gasteiger partial charge is 0.481 e. The van der Waals surface area contributed by atoms with Gasteiger partial charge in [-0.1, -0.05) is 17.7 Å². The molecule has 2 N–H and O–H groups in total. The molecule has 0 unspecified atom stereocenters. The molecule has 0 aliphatic carbocycles. The monoisotopic (exact) mass is 371 g/mol. The molecule has 0 spiro atoms. The topological polar surface area (TPSA) is 101 Å². The van der Waals surface area contributed by atoms with Crippen molar-refractivity contribution in [3.05, 3.63) is 46.2 Å². The maximum absolute atomic E-state index is 14.1. The molecule has 0 atom stereocenters. The Morgan fingerprint density at radius 2 is 1.96 bits per heavy atom. The van der Waals surface area contributed by atoms with Crippen molar-refractivity contribution in [2.45, 2.75) is 19.8 Å². The zero-order valence-corrected chi connectivity index (χ0v) is 13.6. The van der Waals surface area contributed by atoms with Crippen LogP contribution in [0.25, 0.3) is 0 Å². The van der Waals surface area contributed by atoms with E-state index in [1.165, 1.54) is 18.2 Å². The van der Waals surface area contributed by atoms with Gasteiger partial charge in [0.2, 0.25) is 5.91 Å². The van der Waals surface area contributed by atoms with Crippen LogP contribution in [0.1, 0.15) is 33.7 Å². The molecule has 0 aliphatic heterocycles. The van der Waals surface area contributed by atoms with Crippen LogP contribution in [0.15, 0.2) is 18.2 Å². The number of hydrogen-bond donors (Lipinski definition) is 2. The predicted molar refractivity (Wildman–Crippen MR) is 83.8 cm³/mol. The fourth-order valence-corrected chi connectivity index (χ4v) is 2.13. The standard InChI is InChI=1S/C15H12ClF2N3O4/c1-7-2-3-9(8(17)6-7)19-15(25)13-12(18)14(16)21(20-13)10(22)4-5-11(23)24/h2-3,6H,4-5H2,1H3,(H,19,25)(H,23,24). The van der Waals surface area contributed by atoms with Gasteiger partial charge in [-0.25, -0.2) is 8.78 Å². The molecule has 1 aromatic carbocycles. The number of benzene rings is 1. The highest BCUT2D eigenvalue weighted by Crippen LogP contribution is 2.21. The second-order valence-electron chi connectivity index (χ2n) is 5.09. The molecule has 25 heavy (non-hydrogen) atoms. The average molecular weight is 372 g/mol. The van der Waals surface area contributed by atoms with E-state index in [0.717, 1.165) is 0 Å². The number of nitrogens with one attached hydrogen (secondary N) is 1. The lowest BCUT2D eigenvalue weighted by Gasteiger charge is -2.05. The zero-order valence-electron chi connectivity index (χ0n) is 12.8. The number of carbonyl (C=O) groups excluding carboxylic acids is 2. The number of amides is 1. The third kappa shape index (κ3) is 4.18. The van der Waals surface area contributed by atoms with Gasteiger partial charge in [-0.2, -0.15) is 9.78 Å². The molecular formula is C15H12ClF2N3O4. The average Bonchev–Trinajstić information content (AvgIpc) is 2.84. The fraction of sp³-hybridized carbons (Fsp3) is 0.200. The van der Waals surface area contributed by atoms with Crippen LogP contribution in [0.5, 0.6) is 0 Å². The highest BCUT2D eigenvalue weighted by Gasteiger charge is 2.26. The Labute approximate surface area is 145 Å². The van der Waals surface area contributed by atoms with Gasteiger partial charge in [0, 0.05) is 6.42 Å². The lowest BCUT2D eigenvalue weighted by atomic mass is 10.2. The summed E-state index contributed by atoms with van der Waals surface area (Å²) in [5.41, 5.74) is -0.385. The van der Waals surface area contributed by atoms with Crippen molar-refractivity contribution in [3.8, 4) is 0 Å². The van der Waals surface area contributed by atoms with Crippen LogP contribution in [-0.2, 0) is 4.79 Å². The summed E-state index contributed by atoms with van der Waals surface area (Å²) < 4.78 is 28.2. The van der Waals surface area contributed by atoms with Gasteiger partial charge in [0.15, 0.2) is 16.7 Å². The number of halogens is 3. The smallest absolute Gasteiger partial charge is 0.303 e. The quantitative estimate of drug-likeness (QED) is 0.841. The first-order valence-electron chi connectivity index (χ1n) is 6.97. The molecule has 0 saturated carbocycles. The molecule has 1 amide bonds. The molecule has 0 saturated heterocycles. The minimum atomic E-state index is -1.27. The Kier molecular flexibility index (Phi) is 5.48. The van der Waals surface area contributed by atoms with Crippen LogP contribution in [0.3, 0.4) is 0 Å². The highest BCUT2D eigenvalue weighted by atomic mass is 35.5. The first-order valence-corrected chi connectivity index (χ1v) is 7.35. The number of rotatable bonds is 5. The fourth-order valence-electron chi connectivity index (χ4n) is 1.91. The Hall–Kier alpha value is -2.81. The molecule has 10 heteroatoms. The van der Waals surface area contributed by atoms with Gasteiger partial charge in [-0.3, -0.25) is 14.4 Å². The van der Waals surface area contributed by atoms with E-state index in [9.17, 15) is 23.2 Å². The van der Waals surface area contributed by atoms with Gasteiger partial charge in [0.05, 0.1) is 12.1 Å². The van der Waals surface area contributed by atoms with Crippen molar-refractivity contribution in [3.63, 3.8) is 0 Å². The van der Waals surface area contributed by atoms with Crippen molar-refractivity contribution in [1.82, 2.24) is 9.78 Å². The minimum absolute atomic E-state index is 0.196. The van der Waals surface area contributed by atoms with Gasteiger partial charge < -0.3 is 10.4 Å². The third-order valence-corrected chi connectivity index (χ3v) is 3.48. The summed E-state index contributed by atoms with van der Waals surface area (Å²) >= 11 is 5.63. The second kappa shape index (κ2) is 7.39. The summed E-state index contributed by atoms with van der Waals surface area (Å²) in [6.45, 7) is 1.65. The summed E-state index contributed by atoms with van der Waals surface area (Å²) in [5, 5.41) is 13.4. The van der Waals surface area contributed by atoms with E-state index < -0.39 is 53.1 Å². The molecule has 132 valence electrons. The molecule has 0 bridgehead atoms. The van der Waals surface area contributed by atoms with Crippen LogP contribution >= 0.6 is 11.6 Å². The van der Waals surface area contributed by atoms with E-state index in [-0.39, 0.29) is 5.69 Å². The molecular weight excluding hydrogens is 360 g/mol. The first kappa shape index (κ1) is 18.5. The number of aryl methyl sites for hydroxylation is 1. The third-order valence-electron chi connectivity index (χ3n) is 3.15. The lowest BCUT2D eigenvalue weighted by molar-refractivity contribution is -0.137. The zero-order chi connectivity index (χ0) is 18.7. The molecule has 0 fully saturated rings. The molecule has 2 rings (SSSR count). The summed E-state index contributed by atoms with van der Waals surface area (Å²) in [5.74, 6) is -5.23. The molecule has 1 aromatic heterocycles. The van der Waals surface area contributed by atoms with Crippen LogP contribution in [-0.4, -0.2) is 32.7 Å². The van der Waals surface area contributed by atoms with Crippen molar-refractivity contribution < 1.29 is 28.3 Å². The first-order chi connectivity index (χ1) is 11.7. The highest BCUT2D eigenvalue weighted by molar-refractivity contribution is 6.31. The lowest BCUT2D eigenvalue weighted by Crippen LogP contribution is -2.17. The van der Waals surface area contributed by atoms with Crippen molar-refractivity contribution in [2.24, 2.45) is 0 Å². The van der Waals surface area contributed by atoms with Gasteiger partial charge in [-0.05, 0) is 24.6 Å². The maximum Gasteiger partial charge on any atom is 0.303 e. The summed E-state index contributed by atoms with van der Waals surface area (Å²) in [6, 6.07) is 4.00. The Bertz CT molecular complexity index is 867. The number of carboxylic acids is 1. The second-order valence-corrected chi connectivity index (χ2v) is 5.45. The molecule has 0 aliphatic rings. The van der Waals surface area contributed by atoms with Crippen LogP contribution < -0.4 is 5.32 Å². The van der Waals surface area contributed by atoms with Gasteiger partial charge in [0.25, 0.3) is 5.91 Å². The Balaban J connectivity index is 2.24. The molecule has 0 radical (unpaired) electrons. The van der Waals surface area contributed by atoms with Crippen LogP contribution in [0.2, 0.25) is 5.15 Å². The number of anilines is 1. The van der Waals surface area contributed by atoms with Crippen molar-refractivity contribution in [1.29, 1.82) is 0 Å². The number of carbonyl (C=O) groups is 3.